The molecule has 0 saturated heterocycles. The van der Waals surface area contributed by atoms with E-state index in [1.54, 1.807) is 6.92 Å². The lowest BCUT2D eigenvalue weighted by Gasteiger charge is -2.12. The van der Waals surface area contributed by atoms with Gasteiger partial charge in [0, 0.05) is 6.54 Å². The molecule has 0 aromatic rings. The average molecular weight is 242 g/mol. The number of nitrogens with one attached hydrogen (secondary N) is 1. The van der Waals surface area contributed by atoms with Gasteiger partial charge in [-0.25, -0.2) is 4.79 Å². The van der Waals surface area contributed by atoms with Gasteiger partial charge < -0.3 is 10.1 Å². The zero-order valence-corrected chi connectivity index (χ0v) is 11.0. The lowest BCUT2D eigenvalue weighted by molar-refractivity contribution is -0.138. The quantitative estimate of drug-likeness (QED) is 0.438. The maximum Gasteiger partial charge on any atom is 0.351 e. The zero-order valence-electron chi connectivity index (χ0n) is 10.2. The van der Waals surface area contributed by atoms with E-state index < -0.39 is 5.97 Å². The minimum atomic E-state index is -0.564. The van der Waals surface area contributed by atoms with E-state index in [2.05, 4.69) is 19.2 Å². The molecule has 0 aromatic heterocycles. The molecule has 0 fully saturated rings. The second kappa shape index (κ2) is 8.05. The summed E-state index contributed by atoms with van der Waals surface area (Å²) in [5.74, 6) is -0.116. The minimum Gasteiger partial charge on any atom is -0.462 e. The molecule has 0 aliphatic carbocycles. The van der Waals surface area contributed by atoms with Crippen molar-refractivity contribution in [1.82, 2.24) is 5.32 Å². The Balaban J connectivity index is 4.78. The summed E-state index contributed by atoms with van der Waals surface area (Å²) in [7, 11) is 0. The maximum absolute atomic E-state index is 11.5. The molecule has 0 atom stereocenters. The summed E-state index contributed by atoms with van der Waals surface area (Å²) in [5, 5.41) is 12.6. The Hall–Kier alpha value is -1.15. The average Bonchev–Trinajstić information content (AvgIpc) is 2.24. The number of esters is 1. The molecule has 90 valence electrons. The van der Waals surface area contributed by atoms with Crippen molar-refractivity contribution in [2.75, 3.05) is 19.4 Å². The van der Waals surface area contributed by atoms with Crippen LogP contribution in [0.25, 0.3) is 0 Å². The van der Waals surface area contributed by atoms with Gasteiger partial charge in [0.2, 0.25) is 0 Å². The first-order valence-corrected chi connectivity index (χ1v) is 6.38. The van der Waals surface area contributed by atoms with Gasteiger partial charge in [0.05, 0.1) is 11.6 Å². The number of hydrogen-bond donors (Lipinski definition) is 1. The van der Waals surface area contributed by atoms with Crippen molar-refractivity contribution < 1.29 is 9.53 Å². The molecule has 1 N–H and O–H groups in total. The largest absolute Gasteiger partial charge is 0.462 e. The number of nitrogens with zero attached hydrogens (tertiary/aromatic N) is 1. The Bertz CT molecular complexity index is 306. The van der Waals surface area contributed by atoms with E-state index in [1.807, 2.05) is 12.3 Å². The summed E-state index contributed by atoms with van der Waals surface area (Å²) in [4.78, 5) is 11.5. The van der Waals surface area contributed by atoms with Crippen LogP contribution in [-0.2, 0) is 9.53 Å². The number of nitriles is 1. The number of rotatable bonds is 6. The fraction of sp³-hybridized carbons (Fsp3) is 0.636. The molecule has 5 heteroatoms. The topological polar surface area (TPSA) is 62.1 Å². The summed E-state index contributed by atoms with van der Waals surface area (Å²) in [6, 6.07) is 1.88. The SMILES string of the molecule is CCOC(=O)C(C#N)=C(NCC(C)C)SC. The van der Waals surface area contributed by atoms with Crippen LogP contribution in [0.15, 0.2) is 10.6 Å². The van der Waals surface area contributed by atoms with E-state index in [4.69, 9.17) is 10.00 Å². The van der Waals surface area contributed by atoms with Crippen LogP contribution < -0.4 is 5.32 Å². The predicted molar refractivity (Wildman–Crippen MR) is 65.6 cm³/mol. The van der Waals surface area contributed by atoms with E-state index in [0.29, 0.717) is 10.9 Å². The van der Waals surface area contributed by atoms with Gasteiger partial charge in [-0.05, 0) is 19.1 Å². The number of hydrogen-bond acceptors (Lipinski definition) is 5. The van der Waals surface area contributed by atoms with Crippen LogP contribution in [0, 0.1) is 17.2 Å². The highest BCUT2D eigenvalue weighted by molar-refractivity contribution is 8.02. The Kier molecular flexibility index (Phi) is 7.48. The predicted octanol–water partition coefficient (Wildman–Crippen LogP) is 1.89. The van der Waals surface area contributed by atoms with Gasteiger partial charge in [0.15, 0.2) is 5.57 Å². The molecule has 0 aliphatic heterocycles. The van der Waals surface area contributed by atoms with Crippen molar-refractivity contribution in [3.63, 3.8) is 0 Å². The molecule has 0 radical (unpaired) electrons. The molecule has 16 heavy (non-hydrogen) atoms. The van der Waals surface area contributed by atoms with E-state index in [1.165, 1.54) is 11.8 Å². The van der Waals surface area contributed by atoms with Gasteiger partial charge in [-0.15, -0.1) is 11.8 Å². The van der Waals surface area contributed by atoms with Gasteiger partial charge in [0.1, 0.15) is 6.07 Å². The molecule has 0 bridgehead atoms. The molecule has 0 rings (SSSR count). The normalized spacial score (nSPS) is 11.8. The molecule has 0 aliphatic rings. The standard InChI is InChI=1S/C11H18N2O2S/c1-5-15-11(14)9(6-12)10(16-4)13-7-8(2)3/h8,13H,5,7H2,1-4H3. The van der Waals surface area contributed by atoms with E-state index >= 15 is 0 Å². The van der Waals surface area contributed by atoms with Gasteiger partial charge in [-0.3, -0.25) is 0 Å². The smallest absolute Gasteiger partial charge is 0.351 e. The van der Waals surface area contributed by atoms with Crippen LogP contribution in [0.2, 0.25) is 0 Å². The van der Waals surface area contributed by atoms with Crippen molar-refractivity contribution in [3.05, 3.63) is 10.6 Å². The van der Waals surface area contributed by atoms with Crippen LogP contribution in [0.3, 0.4) is 0 Å². The van der Waals surface area contributed by atoms with Crippen molar-refractivity contribution in [2.45, 2.75) is 20.8 Å². The second-order valence-corrected chi connectivity index (χ2v) is 4.33. The first-order chi connectivity index (χ1) is 7.56. The molecule has 4 nitrogen and oxygen atoms in total. The van der Waals surface area contributed by atoms with E-state index in [9.17, 15) is 4.79 Å². The van der Waals surface area contributed by atoms with Crippen LogP contribution in [0.4, 0.5) is 0 Å². The Morgan fingerprint density at radius 1 is 1.56 bits per heavy atom. The van der Waals surface area contributed by atoms with Crippen LogP contribution >= 0.6 is 11.8 Å². The van der Waals surface area contributed by atoms with Crippen molar-refractivity contribution >= 4 is 17.7 Å². The number of carbonyl (C=O) groups excluding carboxylic acids is 1. The van der Waals surface area contributed by atoms with Gasteiger partial charge in [-0.1, -0.05) is 13.8 Å². The highest BCUT2D eigenvalue weighted by Gasteiger charge is 2.16. The first kappa shape index (κ1) is 14.8. The molecule has 0 amide bonds. The van der Waals surface area contributed by atoms with Crippen LogP contribution in [0.1, 0.15) is 20.8 Å². The molecule has 0 aromatic carbocycles. The Labute approximate surface area is 101 Å². The molecular weight excluding hydrogens is 224 g/mol. The monoisotopic (exact) mass is 242 g/mol. The van der Waals surface area contributed by atoms with Gasteiger partial charge in [0.25, 0.3) is 0 Å². The maximum atomic E-state index is 11.5. The number of carbonyl (C=O) groups is 1. The zero-order chi connectivity index (χ0) is 12.6. The van der Waals surface area contributed by atoms with Crippen molar-refractivity contribution in [1.29, 1.82) is 5.26 Å². The van der Waals surface area contributed by atoms with Gasteiger partial charge in [-0.2, -0.15) is 5.26 Å². The highest BCUT2D eigenvalue weighted by atomic mass is 32.2. The molecule has 0 spiro atoms. The molecular formula is C11H18N2O2S. The summed E-state index contributed by atoms with van der Waals surface area (Å²) < 4.78 is 4.81. The number of thioether (sulfide) groups is 1. The van der Waals surface area contributed by atoms with E-state index in [-0.39, 0.29) is 12.2 Å². The summed E-state index contributed by atoms with van der Waals surface area (Å²) in [6.07, 6.45) is 1.82. The Morgan fingerprint density at radius 2 is 2.19 bits per heavy atom. The first-order valence-electron chi connectivity index (χ1n) is 5.16. The summed E-state index contributed by atoms with van der Waals surface area (Å²) >= 11 is 1.34. The third-order valence-electron chi connectivity index (χ3n) is 1.69. The third kappa shape index (κ3) is 5.08. The van der Waals surface area contributed by atoms with Gasteiger partial charge >= 0.3 is 5.97 Å². The summed E-state index contributed by atoms with van der Waals surface area (Å²) in [5.41, 5.74) is 0.0509. The van der Waals surface area contributed by atoms with Crippen molar-refractivity contribution in [2.24, 2.45) is 5.92 Å². The van der Waals surface area contributed by atoms with Crippen LogP contribution in [-0.4, -0.2) is 25.4 Å². The molecule has 0 heterocycles. The van der Waals surface area contributed by atoms with E-state index in [0.717, 1.165) is 6.54 Å². The fourth-order valence-electron chi connectivity index (χ4n) is 0.952. The van der Waals surface area contributed by atoms with Crippen molar-refractivity contribution in [3.8, 4) is 6.07 Å². The molecule has 0 unspecified atom stereocenters. The second-order valence-electron chi connectivity index (χ2n) is 3.52. The third-order valence-corrected chi connectivity index (χ3v) is 2.45. The van der Waals surface area contributed by atoms with Crippen LogP contribution in [0.5, 0.6) is 0 Å². The lowest BCUT2D eigenvalue weighted by atomic mass is 10.2. The Morgan fingerprint density at radius 3 is 2.56 bits per heavy atom. The lowest BCUT2D eigenvalue weighted by Crippen LogP contribution is -2.21. The molecule has 0 saturated carbocycles. The minimum absolute atomic E-state index is 0.0509. The highest BCUT2D eigenvalue weighted by Crippen LogP contribution is 2.15. The fourth-order valence-corrected chi connectivity index (χ4v) is 1.51. The number of ether oxygens (including phenoxy) is 1. The summed E-state index contributed by atoms with van der Waals surface area (Å²) in [6.45, 7) is 6.83.